The van der Waals surface area contributed by atoms with Crippen LogP contribution in [-0.4, -0.2) is 21.3 Å². The van der Waals surface area contributed by atoms with Crippen molar-refractivity contribution >= 4 is 51.6 Å². The van der Waals surface area contributed by atoms with Gasteiger partial charge in [-0.25, -0.2) is 0 Å². The van der Waals surface area contributed by atoms with E-state index in [9.17, 15) is 4.79 Å². The molecule has 1 amide bonds. The monoisotopic (exact) mass is 365 g/mol. The van der Waals surface area contributed by atoms with Gasteiger partial charge in [-0.1, -0.05) is 40.9 Å². The highest BCUT2D eigenvalue weighted by atomic mass is 32.2. The topological polar surface area (TPSA) is 107 Å². The number of hydrogen-bond acceptors (Lipinski definition) is 7. The van der Waals surface area contributed by atoms with Crippen LogP contribution in [0.3, 0.4) is 0 Å². The minimum atomic E-state index is -0.465. The molecule has 23 heavy (non-hydrogen) atoms. The molecule has 2 aromatic rings. The minimum absolute atomic E-state index is 0.172. The first-order valence-corrected chi connectivity index (χ1v) is 9.04. The van der Waals surface area contributed by atoms with Crippen LogP contribution < -0.4 is 11.5 Å². The lowest BCUT2D eigenvalue weighted by molar-refractivity contribution is 0.100. The van der Waals surface area contributed by atoms with E-state index in [0.29, 0.717) is 11.3 Å². The van der Waals surface area contributed by atoms with Gasteiger partial charge < -0.3 is 11.5 Å². The molecule has 0 radical (unpaired) electrons. The number of nitrogen functional groups attached to an aromatic ring is 1. The van der Waals surface area contributed by atoms with Gasteiger partial charge in [-0.05, 0) is 37.5 Å². The number of aryl methyl sites for hydroxylation is 1. The zero-order valence-electron chi connectivity index (χ0n) is 12.5. The van der Waals surface area contributed by atoms with Crippen LogP contribution in [0.25, 0.3) is 0 Å². The van der Waals surface area contributed by atoms with Gasteiger partial charge >= 0.3 is 0 Å². The second kappa shape index (κ2) is 8.14. The maximum Gasteiger partial charge on any atom is 0.281 e. The molecule has 0 bridgehead atoms. The molecule has 0 aliphatic heterocycles. The van der Waals surface area contributed by atoms with Crippen LogP contribution in [0.2, 0.25) is 0 Å². The number of carbonyl (C=O) groups is 1. The fraction of sp³-hybridized carbons (Fsp3) is 0.143. The number of benzene rings is 1. The smallest absolute Gasteiger partial charge is 0.281 e. The van der Waals surface area contributed by atoms with Crippen molar-refractivity contribution in [1.82, 2.24) is 10.2 Å². The van der Waals surface area contributed by atoms with Crippen molar-refractivity contribution in [3.63, 3.8) is 0 Å². The van der Waals surface area contributed by atoms with Gasteiger partial charge in [0, 0.05) is 10.6 Å². The molecule has 4 N–H and O–H groups in total. The van der Waals surface area contributed by atoms with Crippen molar-refractivity contribution in [2.75, 3.05) is 5.73 Å². The predicted octanol–water partition coefficient (Wildman–Crippen LogP) is 3.30. The highest BCUT2D eigenvalue weighted by Gasteiger charge is 2.12. The van der Waals surface area contributed by atoms with Crippen LogP contribution in [0.1, 0.15) is 22.3 Å². The first kappa shape index (κ1) is 17.5. The van der Waals surface area contributed by atoms with Crippen molar-refractivity contribution in [2.24, 2.45) is 10.7 Å². The van der Waals surface area contributed by atoms with Gasteiger partial charge in [-0.3, -0.25) is 4.79 Å². The summed E-state index contributed by atoms with van der Waals surface area (Å²) >= 11 is 4.09. The molecule has 120 valence electrons. The molecule has 0 fully saturated rings. The Morgan fingerprint density at radius 2 is 2.17 bits per heavy atom. The molecule has 0 aliphatic rings. The number of hydrogen-bond donors (Lipinski definition) is 2. The molecule has 0 unspecified atom stereocenters. The Morgan fingerprint density at radius 1 is 1.39 bits per heavy atom. The Bertz CT molecular complexity index is 770. The Labute approximate surface area is 146 Å². The zero-order valence-corrected chi connectivity index (χ0v) is 15.0. The maximum atomic E-state index is 12.2. The molecule has 6 nitrogen and oxygen atoms in total. The standard InChI is InChI=1S/C14H15N5OS3/c1-3-6-21-13(16)17-12(20)10-7-9(4-5-11(10)15)23-14-19-18-8(2)22-14/h3-7H,15H2,1-2H3,(H2,16,17,20)/b6-3+. The quantitative estimate of drug-likeness (QED) is 0.486. The van der Waals surface area contributed by atoms with Crippen LogP contribution >= 0.6 is 34.9 Å². The minimum Gasteiger partial charge on any atom is -0.398 e. The largest absolute Gasteiger partial charge is 0.398 e. The summed E-state index contributed by atoms with van der Waals surface area (Å²) < 4.78 is 0.803. The van der Waals surface area contributed by atoms with Gasteiger partial charge in [0.05, 0.1) is 5.56 Å². The molecule has 0 atom stereocenters. The van der Waals surface area contributed by atoms with Crippen LogP contribution in [0, 0.1) is 6.92 Å². The molecule has 0 saturated carbocycles. The average molecular weight is 366 g/mol. The van der Waals surface area contributed by atoms with Crippen molar-refractivity contribution in [2.45, 2.75) is 23.1 Å². The van der Waals surface area contributed by atoms with E-state index in [0.717, 1.165) is 14.2 Å². The number of thioether (sulfide) groups is 1. The van der Waals surface area contributed by atoms with Crippen LogP contribution in [-0.2, 0) is 0 Å². The Kier molecular flexibility index (Phi) is 6.20. The van der Waals surface area contributed by atoms with E-state index in [1.165, 1.54) is 34.9 Å². The molecule has 2 rings (SSSR count). The van der Waals surface area contributed by atoms with E-state index >= 15 is 0 Å². The number of nitrogens with two attached hydrogens (primary N) is 2. The van der Waals surface area contributed by atoms with Crippen molar-refractivity contribution in [3.05, 3.63) is 40.3 Å². The van der Waals surface area contributed by atoms with E-state index < -0.39 is 5.91 Å². The summed E-state index contributed by atoms with van der Waals surface area (Å²) in [5.41, 5.74) is 12.2. The Morgan fingerprint density at radius 3 is 2.83 bits per heavy atom. The van der Waals surface area contributed by atoms with Gasteiger partial charge in [0.1, 0.15) is 5.01 Å². The molecule has 0 spiro atoms. The summed E-state index contributed by atoms with van der Waals surface area (Å²) in [6.07, 6.45) is 1.81. The SMILES string of the molecule is C/C=C/SC(N)=NC(=O)c1cc(Sc2nnc(C)s2)ccc1N. The lowest BCUT2D eigenvalue weighted by atomic mass is 10.2. The number of aromatic nitrogens is 2. The molecular weight excluding hydrogens is 350 g/mol. The van der Waals surface area contributed by atoms with Crippen molar-refractivity contribution in [1.29, 1.82) is 0 Å². The van der Waals surface area contributed by atoms with Gasteiger partial charge in [0.2, 0.25) is 0 Å². The molecule has 9 heteroatoms. The third-order valence-corrected chi connectivity index (χ3v) is 5.12. The number of carbonyl (C=O) groups excluding carboxylic acids is 1. The molecular formula is C14H15N5OS3. The number of aliphatic imine (C=N–C) groups is 1. The summed E-state index contributed by atoms with van der Waals surface area (Å²) in [6.45, 7) is 3.75. The van der Waals surface area contributed by atoms with E-state index in [1.807, 2.05) is 26.0 Å². The Balaban J connectivity index is 2.21. The number of rotatable bonds is 4. The van der Waals surface area contributed by atoms with Crippen molar-refractivity contribution < 1.29 is 4.79 Å². The second-order valence-electron chi connectivity index (χ2n) is 4.28. The second-order valence-corrected chi connectivity index (χ2v) is 7.71. The summed E-state index contributed by atoms with van der Waals surface area (Å²) in [5, 5.41) is 10.8. The number of amides is 1. The van der Waals surface area contributed by atoms with E-state index in [4.69, 9.17) is 11.5 Å². The number of amidine groups is 1. The van der Waals surface area contributed by atoms with Gasteiger partial charge in [-0.2, -0.15) is 4.99 Å². The fourth-order valence-electron chi connectivity index (χ4n) is 1.53. The summed E-state index contributed by atoms with van der Waals surface area (Å²) in [7, 11) is 0. The summed E-state index contributed by atoms with van der Waals surface area (Å²) in [6, 6.07) is 5.19. The fourth-order valence-corrected chi connectivity index (χ4v) is 3.77. The van der Waals surface area contributed by atoms with Crippen LogP contribution in [0.5, 0.6) is 0 Å². The normalized spacial score (nSPS) is 12.0. The molecule has 1 aromatic carbocycles. The molecule has 1 aromatic heterocycles. The molecule has 0 saturated heterocycles. The lowest BCUT2D eigenvalue weighted by Gasteiger charge is -2.05. The van der Waals surface area contributed by atoms with E-state index in [1.54, 1.807) is 17.5 Å². The van der Waals surface area contributed by atoms with Gasteiger partial charge in [0.15, 0.2) is 9.51 Å². The maximum absolute atomic E-state index is 12.2. The zero-order chi connectivity index (χ0) is 16.8. The molecule has 0 aliphatic carbocycles. The predicted molar refractivity (Wildman–Crippen MR) is 98.0 cm³/mol. The van der Waals surface area contributed by atoms with Gasteiger partial charge in [0.25, 0.3) is 5.91 Å². The number of allylic oxidation sites excluding steroid dienone is 1. The first-order valence-electron chi connectivity index (χ1n) is 6.53. The summed E-state index contributed by atoms with van der Waals surface area (Å²) in [5.74, 6) is -0.465. The third kappa shape index (κ3) is 5.08. The van der Waals surface area contributed by atoms with E-state index in [2.05, 4.69) is 15.2 Å². The average Bonchev–Trinajstić information content (AvgIpc) is 2.92. The van der Waals surface area contributed by atoms with Crippen molar-refractivity contribution in [3.8, 4) is 0 Å². The highest BCUT2D eigenvalue weighted by Crippen LogP contribution is 2.31. The lowest BCUT2D eigenvalue weighted by Crippen LogP contribution is -2.10. The van der Waals surface area contributed by atoms with Gasteiger partial charge in [-0.15, -0.1) is 10.2 Å². The van der Waals surface area contributed by atoms with Crippen LogP contribution in [0.4, 0.5) is 5.69 Å². The number of nitrogens with zero attached hydrogens (tertiary/aromatic N) is 3. The van der Waals surface area contributed by atoms with Crippen LogP contribution in [0.15, 0.2) is 43.9 Å². The van der Waals surface area contributed by atoms with E-state index in [-0.39, 0.29) is 5.17 Å². The summed E-state index contributed by atoms with van der Waals surface area (Å²) in [4.78, 5) is 16.9. The third-order valence-electron chi connectivity index (χ3n) is 2.50. The Hall–Kier alpha value is -1.84. The molecule has 1 heterocycles. The first-order chi connectivity index (χ1) is 11.0. The highest BCUT2D eigenvalue weighted by molar-refractivity contribution is 8.16. The number of anilines is 1.